The van der Waals surface area contributed by atoms with Crippen LogP contribution < -0.4 is 0 Å². The third-order valence-corrected chi connectivity index (χ3v) is 6.28. The van der Waals surface area contributed by atoms with Crippen molar-refractivity contribution in [2.24, 2.45) is 0 Å². The molecule has 0 saturated carbocycles. The van der Waals surface area contributed by atoms with E-state index in [4.69, 9.17) is 11.6 Å². The summed E-state index contributed by atoms with van der Waals surface area (Å²) in [6.45, 7) is 0. The van der Waals surface area contributed by atoms with Crippen molar-refractivity contribution >= 4 is 11.6 Å². The van der Waals surface area contributed by atoms with Gasteiger partial charge in [0.05, 0.1) is 22.8 Å². The molecular weight excluding hydrogens is 608 g/mol. The molecule has 0 amide bonds. The van der Waals surface area contributed by atoms with Crippen LogP contribution in [0.3, 0.4) is 0 Å². The molecule has 0 N–H and O–H groups in total. The topological polar surface area (TPSA) is 77.3 Å². The van der Waals surface area contributed by atoms with E-state index >= 15 is 0 Å². The van der Waals surface area contributed by atoms with E-state index in [9.17, 15) is 0 Å². The van der Waals surface area contributed by atoms with Gasteiger partial charge in [-0.2, -0.15) is 0 Å². The Bertz CT molecular complexity index is 1650. The standard InChI is InChI=1S/C16H10ClN2.2C10H8N2.Fe/c17-14-11-12(15-5-1-3-9-18-15)7-8-13(14)16-6-2-4-10-19-16;2*1-3-7-11-9(5-1)10-6-2-4-8-12-10;/h1-6,8-11H;2*1-8H;/q-1;;;. The average Bonchev–Trinajstić information content (AvgIpc) is 3.11. The van der Waals surface area contributed by atoms with E-state index in [0.717, 1.165) is 45.3 Å². The van der Waals surface area contributed by atoms with Gasteiger partial charge in [-0.3, -0.25) is 24.9 Å². The SMILES string of the molecule is Clc1cc(-c2ccccn2)[c-]cc1-c1ccccn1.[Fe].c1ccc(-c2ccccn2)nc1.c1ccc(-c2ccccn2)nc1. The number of pyridine rings is 6. The normalized spacial score (nSPS) is 9.75. The van der Waals surface area contributed by atoms with Gasteiger partial charge in [-0.25, -0.2) is 0 Å². The molecule has 0 aliphatic rings. The molecule has 0 fully saturated rings. The molecule has 0 atom stereocenters. The molecule has 0 bridgehead atoms. The minimum Gasteiger partial charge on any atom is -0.305 e. The molecule has 7 aromatic rings. The Kier molecular flexibility index (Phi) is 12.4. The molecule has 0 spiro atoms. The Morgan fingerprint density at radius 2 is 0.727 bits per heavy atom. The summed E-state index contributed by atoms with van der Waals surface area (Å²) in [5, 5.41) is 0.651. The number of rotatable bonds is 4. The smallest absolute Gasteiger partial charge is 0.0886 e. The zero-order valence-electron chi connectivity index (χ0n) is 23.4. The van der Waals surface area contributed by atoms with Crippen LogP contribution in [0.5, 0.6) is 0 Å². The number of nitrogens with zero attached hydrogens (tertiary/aromatic N) is 6. The molecule has 216 valence electrons. The average molecular weight is 634 g/mol. The van der Waals surface area contributed by atoms with Crippen molar-refractivity contribution in [3.05, 3.63) is 170 Å². The van der Waals surface area contributed by atoms with Crippen LogP contribution >= 0.6 is 11.6 Å². The van der Waals surface area contributed by atoms with Gasteiger partial charge < -0.3 is 4.98 Å². The van der Waals surface area contributed by atoms with Crippen molar-refractivity contribution in [3.63, 3.8) is 0 Å². The molecule has 0 aliphatic heterocycles. The van der Waals surface area contributed by atoms with Gasteiger partial charge in [-0.15, -0.1) is 35.4 Å². The maximum absolute atomic E-state index is 6.33. The Hall–Kier alpha value is -5.07. The van der Waals surface area contributed by atoms with E-state index in [0.29, 0.717) is 5.02 Å². The summed E-state index contributed by atoms with van der Waals surface area (Å²) in [4.78, 5) is 25.3. The molecule has 6 nitrogen and oxygen atoms in total. The summed E-state index contributed by atoms with van der Waals surface area (Å²) in [6.07, 6.45) is 10.6. The first-order valence-corrected chi connectivity index (χ1v) is 13.8. The summed E-state index contributed by atoms with van der Waals surface area (Å²) >= 11 is 6.33. The van der Waals surface area contributed by atoms with Crippen LogP contribution in [0.15, 0.2) is 159 Å². The first-order chi connectivity index (χ1) is 21.3. The summed E-state index contributed by atoms with van der Waals surface area (Å²) in [5.74, 6) is 0. The Labute approximate surface area is 272 Å². The first-order valence-electron chi connectivity index (χ1n) is 13.5. The van der Waals surface area contributed by atoms with Gasteiger partial charge in [0.2, 0.25) is 0 Å². The van der Waals surface area contributed by atoms with E-state index in [1.807, 2.05) is 121 Å². The van der Waals surface area contributed by atoms with Crippen molar-refractivity contribution in [1.82, 2.24) is 29.9 Å². The third-order valence-electron chi connectivity index (χ3n) is 5.97. The predicted molar refractivity (Wildman–Crippen MR) is 172 cm³/mol. The van der Waals surface area contributed by atoms with Crippen LogP contribution in [-0.4, -0.2) is 29.9 Å². The molecule has 7 rings (SSSR count). The van der Waals surface area contributed by atoms with E-state index in [1.165, 1.54) is 0 Å². The molecule has 6 heterocycles. The Morgan fingerprint density at radius 3 is 1.02 bits per heavy atom. The Morgan fingerprint density at radius 1 is 0.409 bits per heavy atom. The number of hydrogen-bond donors (Lipinski definition) is 0. The van der Waals surface area contributed by atoms with Gasteiger partial charge in [0, 0.05) is 59.9 Å². The van der Waals surface area contributed by atoms with Gasteiger partial charge >= 0.3 is 0 Å². The number of hydrogen-bond acceptors (Lipinski definition) is 6. The molecule has 0 aliphatic carbocycles. The molecule has 1 aromatic carbocycles. The van der Waals surface area contributed by atoms with E-state index in [1.54, 1.807) is 37.2 Å². The predicted octanol–water partition coefficient (Wildman–Crippen LogP) is 8.55. The maximum Gasteiger partial charge on any atom is 0.0886 e. The van der Waals surface area contributed by atoms with Crippen molar-refractivity contribution in [2.75, 3.05) is 0 Å². The Balaban J connectivity index is 0.000000155. The van der Waals surface area contributed by atoms with Crippen molar-refractivity contribution in [1.29, 1.82) is 0 Å². The number of halogens is 1. The molecular formula is C36H26ClFeN6-. The second kappa shape index (κ2) is 17.1. The van der Waals surface area contributed by atoms with E-state index < -0.39 is 0 Å². The molecule has 44 heavy (non-hydrogen) atoms. The monoisotopic (exact) mass is 633 g/mol. The van der Waals surface area contributed by atoms with Gasteiger partial charge in [0.15, 0.2) is 0 Å². The van der Waals surface area contributed by atoms with Crippen molar-refractivity contribution in [3.8, 4) is 45.3 Å². The molecule has 0 unspecified atom stereocenters. The van der Waals surface area contributed by atoms with Crippen LogP contribution in [0.25, 0.3) is 45.3 Å². The van der Waals surface area contributed by atoms with Crippen LogP contribution in [-0.2, 0) is 17.1 Å². The largest absolute Gasteiger partial charge is 0.305 e. The second-order valence-corrected chi connectivity index (χ2v) is 9.31. The van der Waals surface area contributed by atoms with Gasteiger partial charge in [-0.05, 0) is 77.4 Å². The van der Waals surface area contributed by atoms with Gasteiger partial charge in [0.25, 0.3) is 0 Å². The minimum atomic E-state index is 0. The van der Waals surface area contributed by atoms with Crippen LogP contribution in [0.2, 0.25) is 5.02 Å². The molecule has 0 radical (unpaired) electrons. The quantitative estimate of drug-likeness (QED) is 0.143. The minimum absolute atomic E-state index is 0. The summed E-state index contributed by atoms with van der Waals surface area (Å²) in [7, 11) is 0. The number of aromatic nitrogens is 6. The zero-order chi connectivity index (χ0) is 29.5. The van der Waals surface area contributed by atoms with Crippen molar-refractivity contribution < 1.29 is 17.1 Å². The fourth-order valence-corrected chi connectivity index (χ4v) is 4.17. The summed E-state index contributed by atoms with van der Waals surface area (Å²) in [5.41, 5.74) is 7.12. The number of benzene rings is 1. The zero-order valence-corrected chi connectivity index (χ0v) is 25.3. The van der Waals surface area contributed by atoms with Crippen LogP contribution in [0.4, 0.5) is 0 Å². The molecule has 0 saturated heterocycles. The van der Waals surface area contributed by atoms with Crippen molar-refractivity contribution in [2.45, 2.75) is 0 Å². The third kappa shape index (κ3) is 9.21. The summed E-state index contributed by atoms with van der Waals surface area (Å²) in [6, 6.07) is 41.6. The van der Waals surface area contributed by atoms with Crippen LogP contribution in [0, 0.1) is 6.07 Å². The van der Waals surface area contributed by atoms with E-state index in [2.05, 4.69) is 36.0 Å². The summed E-state index contributed by atoms with van der Waals surface area (Å²) < 4.78 is 0. The van der Waals surface area contributed by atoms with Gasteiger partial charge in [0.1, 0.15) is 0 Å². The first kappa shape index (κ1) is 31.9. The van der Waals surface area contributed by atoms with Crippen LogP contribution in [0.1, 0.15) is 0 Å². The van der Waals surface area contributed by atoms with Gasteiger partial charge in [-0.1, -0.05) is 48.0 Å². The maximum atomic E-state index is 6.33. The molecule has 6 aromatic heterocycles. The molecule has 8 heteroatoms. The second-order valence-electron chi connectivity index (χ2n) is 8.90. The van der Waals surface area contributed by atoms with E-state index in [-0.39, 0.29) is 17.1 Å². The fourth-order valence-electron chi connectivity index (χ4n) is 3.91. The fraction of sp³-hybridized carbons (Fsp3) is 0.